The number of morpholine rings is 1. The Hall–Kier alpha value is -2.37. The highest BCUT2D eigenvalue weighted by Crippen LogP contribution is 2.23. The predicted octanol–water partition coefficient (Wildman–Crippen LogP) is 3.12. The van der Waals surface area contributed by atoms with Crippen molar-refractivity contribution in [3.63, 3.8) is 0 Å². The van der Waals surface area contributed by atoms with Gasteiger partial charge in [0, 0.05) is 31.8 Å². The third-order valence-corrected chi connectivity index (χ3v) is 8.62. The van der Waals surface area contributed by atoms with E-state index in [0.717, 1.165) is 21.3 Å². The van der Waals surface area contributed by atoms with Gasteiger partial charge in [-0.05, 0) is 62.2 Å². The summed E-state index contributed by atoms with van der Waals surface area (Å²) in [4.78, 5) is 18.2. The molecule has 0 spiro atoms. The van der Waals surface area contributed by atoms with Gasteiger partial charge in [0.2, 0.25) is 10.0 Å². The van der Waals surface area contributed by atoms with Crippen LogP contribution in [0.1, 0.15) is 28.4 Å². The number of hydrogen-bond acceptors (Lipinski definition) is 6. The number of ether oxygens (including phenoxy) is 2. The molecule has 0 unspecified atom stereocenters. The predicted molar refractivity (Wildman–Crippen MR) is 132 cm³/mol. The molecule has 182 valence electrons. The second kappa shape index (κ2) is 10.5. The Morgan fingerprint density at radius 2 is 1.85 bits per heavy atom. The van der Waals surface area contributed by atoms with E-state index < -0.39 is 15.9 Å². The molecule has 1 aliphatic rings. The summed E-state index contributed by atoms with van der Waals surface area (Å²) >= 11 is 1.46. The van der Waals surface area contributed by atoms with Gasteiger partial charge in [0.05, 0.1) is 34.9 Å². The Bertz CT molecular complexity index is 1350. The zero-order valence-corrected chi connectivity index (χ0v) is 21.2. The van der Waals surface area contributed by atoms with Gasteiger partial charge in [0.25, 0.3) is 5.91 Å². The van der Waals surface area contributed by atoms with Gasteiger partial charge in [-0.3, -0.25) is 4.79 Å². The average molecular weight is 504 g/mol. The minimum atomic E-state index is -3.61. The topological polar surface area (TPSA) is 90.2 Å². The number of carbonyl (C=O) groups excluding carboxylic acids is 1. The minimum absolute atomic E-state index is 0.158. The van der Waals surface area contributed by atoms with Crippen molar-refractivity contribution in [2.45, 2.75) is 32.2 Å². The van der Waals surface area contributed by atoms with Gasteiger partial charge in [-0.15, -0.1) is 0 Å². The van der Waals surface area contributed by atoms with Crippen molar-refractivity contribution in [1.29, 1.82) is 0 Å². The van der Waals surface area contributed by atoms with Crippen LogP contribution in [-0.2, 0) is 26.0 Å². The molecule has 2 aromatic carbocycles. The smallest absolute Gasteiger partial charge is 0.279 e. The van der Waals surface area contributed by atoms with Crippen molar-refractivity contribution in [1.82, 2.24) is 8.87 Å². The molecule has 2 heterocycles. The summed E-state index contributed by atoms with van der Waals surface area (Å²) in [7, 11) is -3.61. The normalized spacial score (nSPS) is 15.8. The molecule has 1 aromatic heterocycles. The molecule has 1 saturated heterocycles. The number of hydrogen-bond donors (Lipinski definition) is 0. The highest BCUT2D eigenvalue weighted by Gasteiger charge is 2.26. The number of aryl methyl sites for hydroxylation is 2. The number of aromatic nitrogens is 1. The first kappa shape index (κ1) is 24.7. The lowest BCUT2D eigenvalue weighted by atomic mass is 10.1. The first-order valence-corrected chi connectivity index (χ1v) is 13.5. The molecule has 4 rings (SSSR count). The van der Waals surface area contributed by atoms with Crippen molar-refractivity contribution in [2.75, 3.05) is 39.5 Å². The van der Waals surface area contributed by atoms with Crippen LogP contribution < -0.4 is 4.80 Å². The largest absolute Gasteiger partial charge is 0.380 e. The average Bonchev–Trinajstić information content (AvgIpc) is 3.16. The fraction of sp³-hybridized carbons (Fsp3) is 0.417. The van der Waals surface area contributed by atoms with Gasteiger partial charge in [-0.2, -0.15) is 9.30 Å². The molecule has 0 N–H and O–H groups in total. The third-order valence-electron chi connectivity index (χ3n) is 5.68. The highest BCUT2D eigenvalue weighted by atomic mass is 32.2. The van der Waals surface area contributed by atoms with Gasteiger partial charge in [-0.1, -0.05) is 17.4 Å². The van der Waals surface area contributed by atoms with E-state index in [0.29, 0.717) is 56.4 Å². The molecule has 8 nitrogen and oxygen atoms in total. The molecular weight excluding hydrogens is 474 g/mol. The second-order valence-electron chi connectivity index (χ2n) is 8.12. The fourth-order valence-corrected chi connectivity index (χ4v) is 6.68. The number of fused-ring (bicyclic) bond motifs is 1. The lowest BCUT2D eigenvalue weighted by Gasteiger charge is -2.26. The summed E-state index contributed by atoms with van der Waals surface area (Å²) in [6.45, 7) is 9.18. The molecule has 0 saturated carbocycles. The van der Waals surface area contributed by atoms with Crippen LogP contribution in [0.15, 0.2) is 46.3 Å². The van der Waals surface area contributed by atoms with E-state index in [-0.39, 0.29) is 4.90 Å². The number of rotatable bonds is 7. The molecule has 0 radical (unpaired) electrons. The Kier molecular flexibility index (Phi) is 7.63. The maximum Gasteiger partial charge on any atom is 0.279 e. The molecule has 1 amide bonds. The second-order valence-corrected chi connectivity index (χ2v) is 11.1. The van der Waals surface area contributed by atoms with E-state index in [9.17, 15) is 13.2 Å². The number of amides is 1. The summed E-state index contributed by atoms with van der Waals surface area (Å²) < 4.78 is 41.0. The SMILES string of the molecule is CCOCCn1c(=NC(=O)c2ccc(S(=O)(=O)N3CCOCC3)cc2)sc2cc(C)cc(C)c21. The van der Waals surface area contributed by atoms with E-state index >= 15 is 0 Å². The van der Waals surface area contributed by atoms with Crippen LogP contribution in [0.3, 0.4) is 0 Å². The van der Waals surface area contributed by atoms with Crippen molar-refractivity contribution in [2.24, 2.45) is 4.99 Å². The van der Waals surface area contributed by atoms with Gasteiger partial charge >= 0.3 is 0 Å². The van der Waals surface area contributed by atoms with Crippen LogP contribution in [0.4, 0.5) is 0 Å². The summed E-state index contributed by atoms with van der Waals surface area (Å²) in [6, 6.07) is 10.2. The van der Waals surface area contributed by atoms with Gasteiger partial charge in [-0.25, -0.2) is 8.42 Å². The van der Waals surface area contributed by atoms with Gasteiger partial charge < -0.3 is 14.0 Å². The Labute approximate surface area is 203 Å². The monoisotopic (exact) mass is 503 g/mol. The zero-order valence-electron chi connectivity index (χ0n) is 19.6. The number of benzene rings is 2. The highest BCUT2D eigenvalue weighted by molar-refractivity contribution is 7.89. The third kappa shape index (κ3) is 5.16. The van der Waals surface area contributed by atoms with Crippen molar-refractivity contribution in [3.05, 3.63) is 57.9 Å². The van der Waals surface area contributed by atoms with Crippen molar-refractivity contribution < 1.29 is 22.7 Å². The number of carbonyl (C=O) groups is 1. The first-order chi connectivity index (χ1) is 16.3. The van der Waals surface area contributed by atoms with Gasteiger partial charge in [0.15, 0.2) is 4.80 Å². The fourth-order valence-electron chi connectivity index (χ4n) is 4.04. The molecule has 10 heteroatoms. The molecule has 34 heavy (non-hydrogen) atoms. The summed E-state index contributed by atoms with van der Waals surface area (Å²) in [6.07, 6.45) is 0. The Morgan fingerprint density at radius 3 is 2.53 bits per heavy atom. The van der Waals surface area contributed by atoms with E-state index in [1.807, 2.05) is 18.4 Å². The first-order valence-electron chi connectivity index (χ1n) is 11.3. The van der Waals surface area contributed by atoms with Crippen LogP contribution in [-0.4, -0.2) is 62.7 Å². The number of thiazole rings is 1. The molecule has 1 fully saturated rings. The lowest BCUT2D eigenvalue weighted by Crippen LogP contribution is -2.40. The van der Waals surface area contributed by atoms with Crippen molar-refractivity contribution in [3.8, 4) is 0 Å². The van der Waals surface area contributed by atoms with Crippen LogP contribution in [0.5, 0.6) is 0 Å². The van der Waals surface area contributed by atoms with Crippen LogP contribution in [0, 0.1) is 13.8 Å². The van der Waals surface area contributed by atoms with E-state index in [4.69, 9.17) is 9.47 Å². The maximum atomic E-state index is 13.0. The molecule has 0 aliphatic carbocycles. The number of sulfonamides is 1. The van der Waals surface area contributed by atoms with Gasteiger partial charge in [0.1, 0.15) is 0 Å². The van der Waals surface area contributed by atoms with Crippen LogP contribution in [0.25, 0.3) is 10.2 Å². The van der Waals surface area contributed by atoms with Crippen LogP contribution in [0.2, 0.25) is 0 Å². The van der Waals surface area contributed by atoms with E-state index in [1.54, 1.807) is 0 Å². The van der Waals surface area contributed by atoms with Crippen molar-refractivity contribution >= 4 is 37.5 Å². The molecule has 0 atom stereocenters. The Morgan fingerprint density at radius 1 is 1.15 bits per heavy atom. The summed E-state index contributed by atoms with van der Waals surface area (Å²) in [5.74, 6) is -0.415. The maximum absolute atomic E-state index is 13.0. The molecule has 1 aliphatic heterocycles. The standard InChI is InChI=1S/C24H29N3O5S2/c1-4-31-14-11-27-22-18(3)15-17(2)16-21(22)33-24(27)25-23(28)19-5-7-20(8-6-19)34(29,30)26-9-12-32-13-10-26/h5-8,15-16H,4,9-14H2,1-3H3. The van der Waals surface area contributed by atoms with Crippen LogP contribution >= 0.6 is 11.3 Å². The molecule has 0 bridgehead atoms. The molecular formula is C24H29N3O5S2. The summed E-state index contributed by atoms with van der Waals surface area (Å²) in [5.41, 5.74) is 3.66. The number of nitrogens with zero attached hydrogens (tertiary/aromatic N) is 3. The van der Waals surface area contributed by atoms with E-state index in [1.165, 1.54) is 39.9 Å². The summed E-state index contributed by atoms with van der Waals surface area (Å²) in [5, 5.41) is 0. The lowest BCUT2D eigenvalue weighted by molar-refractivity contribution is 0.0730. The molecule has 3 aromatic rings. The quantitative estimate of drug-likeness (QED) is 0.462. The van der Waals surface area contributed by atoms with E-state index in [2.05, 4.69) is 24.0 Å². The zero-order chi connectivity index (χ0) is 24.3. The minimum Gasteiger partial charge on any atom is -0.380 e. The Balaban J connectivity index is 1.66.